The predicted octanol–water partition coefficient (Wildman–Crippen LogP) is 0.313. The van der Waals surface area contributed by atoms with Crippen LogP contribution in [0.5, 0.6) is 0 Å². The largest absolute Gasteiger partial charge is 0.443 e. The third kappa shape index (κ3) is 3.26. The maximum absolute atomic E-state index is 9.13. The number of oxazole rings is 1. The highest BCUT2D eigenvalue weighted by Gasteiger charge is 2.02. The van der Waals surface area contributed by atoms with Gasteiger partial charge in [0, 0.05) is 6.54 Å². The molecule has 0 saturated heterocycles. The molecule has 0 aliphatic rings. The first kappa shape index (κ1) is 12.0. The normalized spacial score (nSPS) is 13.1. The van der Waals surface area contributed by atoms with Crippen LogP contribution in [0, 0.1) is 0 Å². The summed E-state index contributed by atoms with van der Waals surface area (Å²) in [4.78, 5) is 4.05. The number of fused-ring (bicyclic) bond motifs is 1. The number of hydrogen-bond donors (Lipinski definition) is 3. The molecule has 0 aliphatic carbocycles. The Morgan fingerprint density at radius 1 is 1.41 bits per heavy atom. The quantitative estimate of drug-likeness (QED) is 0.629. The van der Waals surface area contributed by atoms with Gasteiger partial charge in [0.1, 0.15) is 5.52 Å². The second kappa shape index (κ2) is 5.77. The van der Waals surface area contributed by atoms with Gasteiger partial charge in [0.05, 0.1) is 12.7 Å². The van der Waals surface area contributed by atoms with E-state index < -0.39 is 6.10 Å². The number of aromatic nitrogens is 1. The number of hydrogen-bond acceptors (Lipinski definition) is 5. The average molecular weight is 236 g/mol. The van der Waals surface area contributed by atoms with E-state index in [-0.39, 0.29) is 6.61 Å². The van der Waals surface area contributed by atoms with Crippen LogP contribution in [0.25, 0.3) is 11.1 Å². The van der Waals surface area contributed by atoms with Crippen molar-refractivity contribution in [1.82, 2.24) is 10.3 Å². The van der Waals surface area contributed by atoms with Crippen LogP contribution in [-0.4, -0.2) is 41.0 Å². The molecule has 0 spiro atoms. The summed E-state index contributed by atoms with van der Waals surface area (Å²) in [6, 6.07) is 5.90. The summed E-state index contributed by atoms with van der Waals surface area (Å²) < 4.78 is 5.22. The molecular formula is C12H16N2O3. The minimum atomic E-state index is -0.688. The third-order valence-electron chi connectivity index (χ3n) is 2.58. The molecule has 0 aliphatic heterocycles. The summed E-state index contributed by atoms with van der Waals surface area (Å²) in [6.07, 6.45) is 1.59. The summed E-state index contributed by atoms with van der Waals surface area (Å²) in [5.41, 5.74) is 2.80. The molecule has 1 aromatic carbocycles. The Balaban J connectivity index is 1.82. The highest BCUT2D eigenvalue weighted by molar-refractivity contribution is 5.72. The number of aliphatic hydroxyl groups excluding tert-OH is 2. The highest BCUT2D eigenvalue weighted by Crippen LogP contribution is 2.14. The van der Waals surface area contributed by atoms with Gasteiger partial charge in [-0.2, -0.15) is 0 Å². The molecule has 2 aromatic rings. The van der Waals surface area contributed by atoms with Crippen LogP contribution in [-0.2, 0) is 6.42 Å². The Hall–Kier alpha value is -1.43. The van der Waals surface area contributed by atoms with E-state index in [1.54, 1.807) is 0 Å². The molecule has 0 bridgehead atoms. The van der Waals surface area contributed by atoms with Crippen molar-refractivity contribution in [3.05, 3.63) is 30.2 Å². The van der Waals surface area contributed by atoms with Crippen molar-refractivity contribution in [1.29, 1.82) is 0 Å². The van der Waals surface area contributed by atoms with Crippen molar-refractivity contribution >= 4 is 11.1 Å². The molecule has 0 saturated carbocycles. The molecule has 1 heterocycles. The average Bonchev–Trinajstić information content (AvgIpc) is 2.81. The van der Waals surface area contributed by atoms with Crippen molar-refractivity contribution < 1.29 is 14.6 Å². The molecule has 0 fully saturated rings. The Labute approximate surface area is 99.1 Å². The topological polar surface area (TPSA) is 78.5 Å². The van der Waals surface area contributed by atoms with Gasteiger partial charge < -0.3 is 19.9 Å². The second-order valence-corrected chi connectivity index (χ2v) is 3.94. The summed E-state index contributed by atoms with van der Waals surface area (Å²) in [6.45, 7) is 0.939. The number of aliphatic hydroxyl groups is 2. The van der Waals surface area contributed by atoms with E-state index in [2.05, 4.69) is 10.3 Å². The van der Waals surface area contributed by atoms with E-state index in [1.165, 1.54) is 6.39 Å². The fourth-order valence-electron chi connectivity index (χ4n) is 1.62. The molecule has 0 radical (unpaired) electrons. The molecule has 1 atom stereocenters. The molecule has 2 rings (SSSR count). The standard InChI is InChI=1S/C12H16N2O3/c15-7-10(16)6-13-4-3-9-1-2-11-12(5-9)17-8-14-11/h1-2,5,8,10,13,15-16H,3-4,6-7H2. The van der Waals surface area contributed by atoms with Crippen LogP contribution in [0.1, 0.15) is 5.56 Å². The van der Waals surface area contributed by atoms with Crippen LogP contribution in [0.4, 0.5) is 0 Å². The molecule has 17 heavy (non-hydrogen) atoms. The molecule has 0 amide bonds. The number of benzene rings is 1. The lowest BCUT2D eigenvalue weighted by molar-refractivity contribution is 0.0947. The van der Waals surface area contributed by atoms with Gasteiger partial charge in [-0.05, 0) is 30.7 Å². The zero-order valence-electron chi connectivity index (χ0n) is 9.47. The molecule has 1 aromatic heterocycles. The minimum Gasteiger partial charge on any atom is -0.443 e. The van der Waals surface area contributed by atoms with Gasteiger partial charge in [-0.25, -0.2) is 4.98 Å². The van der Waals surface area contributed by atoms with Gasteiger partial charge in [-0.15, -0.1) is 0 Å². The molecule has 5 nitrogen and oxygen atoms in total. The lowest BCUT2D eigenvalue weighted by atomic mass is 10.1. The van der Waals surface area contributed by atoms with Gasteiger partial charge in [0.2, 0.25) is 0 Å². The van der Waals surface area contributed by atoms with Crippen LogP contribution in [0.3, 0.4) is 0 Å². The van der Waals surface area contributed by atoms with Crippen molar-refractivity contribution in [3.8, 4) is 0 Å². The first-order chi connectivity index (χ1) is 8.29. The summed E-state index contributed by atoms with van der Waals surface area (Å²) in [5.74, 6) is 0. The van der Waals surface area contributed by atoms with Crippen LogP contribution in [0.15, 0.2) is 29.0 Å². The summed E-state index contributed by atoms with van der Waals surface area (Å²) in [7, 11) is 0. The number of rotatable bonds is 6. The Morgan fingerprint density at radius 2 is 2.29 bits per heavy atom. The van der Waals surface area contributed by atoms with Crippen LogP contribution >= 0.6 is 0 Å². The van der Waals surface area contributed by atoms with E-state index in [0.29, 0.717) is 6.54 Å². The lowest BCUT2D eigenvalue weighted by Gasteiger charge is -2.08. The van der Waals surface area contributed by atoms with Gasteiger partial charge in [0.25, 0.3) is 0 Å². The van der Waals surface area contributed by atoms with Gasteiger partial charge in [-0.1, -0.05) is 6.07 Å². The van der Waals surface area contributed by atoms with Crippen LogP contribution < -0.4 is 5.32 Å². The third-order valence-corrected chi connectivity index (χ3v) is 2.58. The molecule has 5 heteroatoms. The number of nitrogens with zero attached hydrogens (tertiary/aromatic N) is 1. The van der Waals surface area contributed by atoms with Crippen LogP contribution in [0.2, 0.25) is 0 Å². The van der Waals surface area contributed by atoms with Crippen molar-refractivity contribution in [2.75, 3.05) is 19.7 Å². The van der Waals surface area contributed by atoms with E-state index >= 15 is 0 Å². The Kier molecular flexibility index (Phi) is 4.08. The van der Waals surface area contributed by atoms with Crippen molar-refractivity contribution in [3.63, 3.8) is 0 Å². The maximum Gasteiger partial charge on any atom is 0.181 e. The lowest BCUT2D eigenvalue weighted by Crippen LogP contribution is -2.30. The fraction of sp³-hybridized carbons (Fsp3) is 0.417. The van der Waals surface area contributed by atoms with Crippen molar-refractivity contribution in [2.45, 2.75) is 12.5 Å². The van der Waals surface area contributed by atoms with Gasteiger partial charge in [-0.3, -0.25) is 0 Å². The molecule has 92 valence electrons. The zero-order valence-corrected chi connectivity index (χ0v) is 9.47. The predicted molar refractivity (Wildman–Crippen MR) is 63.7 cm³/mol. The molecular weight excluding hydrogens is 220 g/mol. The Morgan fingerprint density at radius 3 is 3.12 bits per heavy atom. The monoisotopic (exact) mass is 236 g/mol. The minimum absolute atomic E-state index is 0.211. The highest BCUT2D eigenvalue weighted by atomic mass is 16.3. The smallest absolute Gasteiger partial charge is 0.181 e. The molecule has 3 N–H and O–H groups in total. The summed E-state index contributed by atoms with van der Waals surface area (Å²) >= 11 is 0. The fourth-order valence-corrected chi connectivity index (χ4v) is 1.62. The number of nitrogens with one attached hydrogen (secondary N) is 1. The SMILES string of the molecule is OCC(O)CNCCc1ccc2ncoc2c1. The van der Waals surface area contributed by atoms with E-state index in [9.17, 15) is 0 Å². The first-order valence-corrected chi connectivity index (χ1v) is 5.61. The first-order valence-electron chi connectivity index (χ1n) is 5.61. The van der Waals surface area contributed by atoms with Gasteiger partial charge in [0.15, 0.2) is 12.0 Å². The second-order valence-electron chi connectivity index (χ2n) is 3.94. The zero-order chi connectivity index (χ0) is 12.1. The van der Waals surface area contributed by atoms with E-state index in [1.807, 2.05) is 18.2 Å². The Bertz CT molecular complexity index is 469. The van der Waals surface area contributed by atoms with E-state index in [0.717, 1.165) is 29.6 Å². The van der Waals surface area contributed by atoms with E-state index in [4.69, 9.17) is 14.6 Å². The summed E-state index contributed by atoms with van der Waals surface area (Å²) in [5, 5.41) is 20.8. The van der Waals surface area contributed by atoms with Crippen molar-refractivity contribution in [2.24, 2.45) is 0 Å². The molecule has 1 unspecified atom stereocenters. The van der Waals surface area contributed by atoms with Gasteiger partial charge >= 0.3 is 0 Å². The maximum atomic E-state index is 9.13.